The lowest BCUT2D eigenvalue weighted by molar-refractivity contribution is -0.451. The molecule has 1 heterocycles. The first-order valence-electron chi connectivity index (χ1n) is 7.34. The molecule has 0 saturated heterocycles. The van der Waals surface area contributed by atoms with Crippen LogP contribution in [0.15, 0.2) is 30.6 Å². The highest BCUT2D eigenvalue weighted by Crippen LogP contribution is 2.62. The molecule has 0 aromatic carbocycles. The van der Waals surface area contributed by atoms with Crippen LogP contribution in [-0.2, 0) is 10.1 Å². The lowest BCUT2D eigenvalue weighted by Crippen LogP contribution is -2.73. The summed E-state index contributed by atoms with van der Waals surface area (Å²) < 4.78 is 217. The van der Waals surface area contributed by atoms with Crippen molar-refractivity contribution in [3.63, 3.8) is 0 Å². The van der Waals surface area contributed by atoms with Crippen LogP contribution >= 0.6 is 0 Å². The average molecular weight is 543 g/mol. The van der Waals surface area contributed by atoms with E-state index in [0.29, 0.717) is 0 Å². The van der Waals surface area contributed by atoms with Crippen LogP contribution in [0.3, 0.4) is 0 Å². The SMILES string of the molecule is O=S(=O)(O)CC(F)(F)C(F)(F)C(F)(F)C(F)(F)C(F)(F)C(F)(F)C(F)(F)F.c1ccncc1. The fourth-order valence-corrected chi connectivity index (χ4v) is 2.27. The van der Waals surface area contributed by atoms with Gasteiger partial charge in [-0.3, -0.25) is 9.54 Å². The Balaban J connectivity index is 0.00000146. The molecule has 1 aromatic heterocycles. The molecule has 0 radical (unpaired) electrons. The second-order valence-electron chi connectivity index (χ2n) is 5.82. The zero-order valence-corrected chi connectivity index (χ0v) is 15.7. The third kappa shape index (κ3) is 5.75. The van der Waals surface area contributed by atoms with Crippen LogP contribution in [0.1, 0.15) is 0 Å². The highest BCUT2D eigenvalue weighted by atomic mass is 32.2. The molecule has 0 aliphatic rings. The van der Waals surface area contributed by atoms with Crippen LogP contribution in [0.4, 0.5) is 65.9 Å². The molecule has 1 aromatic rings. The maximum Gasteiger partial charge on any atom is 0.460 e. The average Bonchev–Trinajstić information content (AvgIpc) is 2.60. The van der Waals surface area contributed by atoms with E-state index in [0.717, 1.165) is 0 Å². The molecule has 20 heteroatoms. The fraction of sp³-hybridized carbons (Fsp3) is 0.615. The van der Waals surface area contributed by atoms with Gasteiger partial charge in [-0.15, -0.1) is 0 Å². The molecule has 1 rings (SSSR count). The fourth-order valence-electron chi connectivity index (χ4n) is 1.63. The number of halogens is 15. The molecule has 0 amide bonds. The van der Waals surface area contributed by atoms with Gasteiger partial charge in [-0.2, -0.15) is 74.3 Å². The number of pyridine rings is 1. The minimum absolute atomic E-state index is 1.75. The summed E-state index contributed by atoms with van der Waals surface area (Å²) >= 11 is 0. The van der Waals surface area contributed by atoms with Gasteiger partial charge in [-0.25, -0.2) is 0 Å². The highest BCUT2D eigenvalue weighted by molar-refractivity contribution is 7.85. The Labute approximate surface area is 173 Å². The summed E-state index contributed by atoms with van der Waals surface area (Å²) in [7, 11) is -6.38. The van der Waals surface area contributed by atoms with E-state index >= 15 is 0 Å². The van der Waals surface area contributed by atoms with E-state index in [1.165, 1.54) is 0 Å². The van der Waals surface area contributed by atoms with Crippen molar-refractivity contribution in [1.82, 2.24) is 4.98 Å². The topological polar surface area (TPSA) is 67.3 Å². The van der Waals surface area contributed by atoms with E-state index in [2.05, 4.69) is 4.98 Å². The molecule has 33 heavy (non-hydrogen) atoms. The van der Waals surface area contributed by atoms with Gasteiger partial charge in [0, 0.05) is 12.4 Å². The highest BCUT2D eigenvalue weighted by Gasteiger charge is 2.93. The van der Waals surface area contributed by atoms with Crippen molar-refractivity contribution in [3.8, 4) is 0 Å². The van der Waals surface area contributed by atoms with Gasteiger partial charge in [0.2, 0.25) is 0 Å². The molecule has 0 bridgehead atoms. The van der Waals surface area contributed by atoms with Gasteiger partial charge in [-0.05, 0) is 12.1 Å². The van der Waals surface area contributed by atoms with Gasteiger partial charge in [-0.1, -0.05) is 6.07 Å². The predicted octanol–water partition coefficient (Wildman–Crippen LogP) is 5.33. The Hall–Kier alpha value is -1.99. The summed E-state index contributed by atoms with van der Waals surface area (Å²) in [5, 5.41) is 0. The van der Waals surface area contributed by atoms with E-state index in [-0.39, 0.29) is 0 Å². The zero-order chi connectivity index (χ0) is 26.9. The Kier molecular flexibility index (Phi) is 8.45. The van der Waals surface area contributed by atoms with E-state index in [4.69, 9.17) is 4.55 Å². The summed E-state index contributed by atoms with van der Waals surface area (Å²) in [6.45, 7) is 0. The number of aromatic nitrogens is 1. The lowest BCUT2D eigenvalue weighted by Gasteiger charge is -2.41. The summed E-state index contributed by atoms with van der Waals surface area (Å²) in [6, 6.07) is 5.72. The zero-order valence-electron chi connectivity index (χ0n) is 14.9. The van der Waals surface area contributed by atoms with Crippen LogP contribution in [0, 0.1) is 0 Å². The quantitative estimate of drug-likeness (QED) is 0.373. The smallest absolute Gasteiger partial charge is 0.285 e. The van der Waals surface area contributed by atoms with Crippen LogP contribution in [0.2, 0.25) is 0 Å². The molecule has 0 aliphatic heterocycles. The summed E-state index contributed by atoms with van der Waals surface area (Å²) in [4.78, 5) is 3.78. The molecule has 0 unspecified atom stereocenters. The van der Waals surface area contributed by atoms with Crippen LogP contribution < -0.4 is 0 Å². The van der Waals surface area contributed by atoms with E-state index in [1.54, 1.807) is 12.4 Å². The van der Waals surface area contributed by atoms with E-state index in [9.17, 15) is 74.3 Å². The molecule has 4 nitrogen and oxygen atoms in total. The first-order chi connectivity index (χ1) is 14.2. The number of alkyl halides is 15. The van der Waals surface area contributed by atoms with Crippen LogP contribution in [0.25, 0.3) is 0 Å². The second kappa shape index (κ2) is 8.99. The molecule has 0 fully saturated rings. The molecule has 1 N–H and O–H groups in total. The van der Waals surface area contributed by atoms with Gasteiger partial charge < -0.3 is 0 Å². The van der Waals surface area contributed by atoms with Crippen molar-refractivity contribution in [2.24, 2.45) is 0 Å². The van der Waals surface area contributed by atoms with Gasteiger partial charge >= 0.3 is 41.7 Å². The Morgan fingerprint density at radius 3 is 1.15 bits per heavy atom. The van der Waals surface area contributed by atoms with Gasteiger partial charge in [0.15, 0.2) is 0 Å². The molecular weight excluding hydrogens is 535 g/mol. The third-order valence-electron chi connectivity index (χ3n) is 3.32. The molecule has 0 saturated carbocycles. The minimum atomic E-state index is -8.49. The van der Waals surface area contributed by atoms with E-state index < -0.39 is 57.6 Å². The standard InChI is InChI=1S/C8H3F15O3S.C5H5N/c9-2(10,1-27(24,25)26)3(11,12)4(13,14)5(15,16)6(17,18)7(19,20)8(21,22)23;1-2-4-6-5-3-1/h1H2,(H,24,25,26);1-5H. The van der Waals surface area contributed by atoms with Gasteiger partial charge in [0.05, 0.1) is 0 Å². The summed E-state index contributed by atoms with van der Waals surface area (Å²) in [5.41, 5.74) is 0. The van der Waals surface area contributed by atoms with Crippen molar-refractivity contribution >= 4 is 10.1 Å². The molecule has 0 spiro atoms. The van der Waals surface area contributed by atoms with Crippen molar-refractivity contribution in [3.05, 3.63) is 30.6 Å². The largest absolute Gasteiger partial charge is 0.460 e. The third-order valence-corrected chi connectivity index (χ3v) is 4.05. The van der Waals surface area contributed by atoms with E-state index in [1.807, 2.05) is 18.2 Å². The summed E-state index contributed by atoms with van der Waals surface area (Å²) in [5.74, 6) is -52.1. The number of nitrogens with zero attached hydrogens (tertiary/aromatic N) is 1. The first-order valence-corrected chi connectivity index (χ1v) is 8.95. The molecule has 0 aliphatic carbocycles. The van der Waals surface area contributed by atoms with Crippen molar-refractivity contribution < 1.29 is 78.8 Å². The maximum atomic E-state index is 13.0. The molecule has 194 valence electrons. The van der Waals surface area contributed by atoms with Gasteiger partial charge in [0.1, 0.15) is 5.75 Å². The predicted molar refractivity (Wildman–Crippen MR) is 76.4 cm³/mol. The lowest BCUT2D eigenvalue weighted by atomic mass is 9.91. The van der Waals surface area contributed by atoms with Crippen LogP contribution in [-0.4, -0.2) is 65.4 Å². The minimum Gasteiger partial charge on any atom is -0.285 e. The number of rotatable bonds is 7. The normalized spacial score (nSPS) is 15.0. The Morgan fingerprint density at radius 2 is 0.909 bits per heavy atom. The second-order valence-corrected chi connectivity index (χ2v) is 7.28. The molecule has 0 atom stereocenters. The van der Waals surface area contributed by atoms with Gasteiger partial charge in [0.25, 0.3) is 10.1 Å². The van der Waals surface area contributed by atoms with Crippen LogP contribution in [0.5, 0.6) is 0 Å². The monoisotopic (exact) mass is 543 g/mol. The Morgan fingerprint density at radius 1 is 0.576 bits per heavy atom. The Bertz CT molecular complexity index is 857. The molecular formula is C13H8F15NO3S. The first kappa shape index (κ1) is 31.0. The van der Waals surface area contributed by atoms with Crippen molar-refractivity contribution in [2.75, 3.05) is 5.75 Å². The summed E-state index contributed by atoms with van der Waals surface area (Å²) in [6.07, 6.45) is -4.22. The van der Waals surface area contributed by atoms with Crippen molar-refractivity contribution in [2.45, 2.75) is 41.7 Å². The maximum absolute atomic E-state index is 13.0. The number of hydrogen-bond donors (Lipinski definition) is 1. The van der Waals surface area contributed by atoms with Crippen molar-refractivity contribution in [1.29, 1.82) is 0 Å². The number of hydrogen-bond acceptors (Lipinski definition) is 3.